The Hall–Kier alpha value is -2.12. The van der Waals surface area contributed by atoms with E-state index in [9.17, 15) is 9.59 Å². The Morgan fingerprint density at radius 2 is 1.95 bits per heavy atom. The van der Waals surface area contributed by atoms with Crippen LogP contribution in [0.4, 0.5) is 4.79 Å². The van der Waals surface area contributed by atoms with Crippen molar-refractivity contribution in [2.45, 2.75) is 12.6 Å². The topological polar surface area (TPSA) is 93.9 Å². The van der Waals surface area contributed by atoms with E-state index in [2.05, 4.69) is 5.32 Å². The van der Waals surface area contributed by atoms with Crippen molar-refractivity contribution in [1.82, 2.24) is 10.2 Å². The van der Waals surface area contributed by atoms with E-state index in [-0.39, 0.29) is 19.1 Å². The van der Waals surface area contributed by atoms with Crippen LogP contribution in [0, 0.1) is 0 Å². The molecule has 1 heterocycles. The van der Waals surface area contributed by atoms with E-state index < -0.39 is 12.1 Å². The predicted octanol–water partition coefficient (Wildman–Crippen LogP) is 0.0989. The van der Waals surface area contributed by atoms with Crippen LogP contribution in [0.2, 0.25) is 0 Å². The van der Waals surface area contributed by atoms with Crippen molar-refractivity contribution in [2.75, 3.05) is 32.8 Å². The molecule has 1 aliphatic heterocycles. The minimum absolute atomic E-state index is 0.0244. The quantitative estimate of drug-likeness (QED) is 0.804. The average Bonchev–Trinajstić information content (AvgIpc) is 2.59. The van der Waals surface area contributed by atoms with Crippen molar-refractivity contribution < 1.29 is 19.1 Å². The predicted molar refractivity (Wildman–Crippen MR) is 80.0 cm³/mol. The molecule has 0 aromatic heterocycles. The number of carbonyl (C=O) groups is 2. The third-order valence-electron chi connectivity index (χ3n) is 3.36. The first kappa shape index (κ1) is 16.3. The minimum atomic E-state index is -0.777. The zero-order valence-corrected chi connectivity index (χ0v) is 12.4. The van der Waals surface area contributed by atoms with E-state index in [0.29, 0.717) is 26.3 Å². The van der Waals surface area contributed by atoms with Gasteiger partial charge in [-0.3, -0.25) is 4.79 Å². The van der Waals surface area contributed by atoms with Gasteiger partial charge in [-0.05, 0) is 5.56 Å². The van der Waals surface area contributed by atoms with Gasteiger partial charge < -0.3 is 25.4 Å². The lowest BCUT2D eigenvalue weighted by molar-refractivity contribution is -0.137. The molecule has 1 saturated heterocycles. The number of alkyl carbamates (subject to hydrolysis) is 1. The summed E-state index contributed by atoms with van der Waals surface area (Å²) in [7, 11) is 0. The fourth-order valence-electron chi connectivity index (χ4n) is 2.13. The van der Waals surface area contributed by atoms with Crippen LogP contribution in [-0.2, 0) is 20.9 Å². The lowest BCUT2D eigenvalue weighted by Gasteiger charge is -2.30. The maximum atomic E-state index is 12.3. The molecule has 120 valence electrons. The number of nitrogens with one attached hydrogen (secondary N) is 1. The third kappa shape index (κ3) is 4.71. The second kappa shape index (κ2) is 8.35. The standard InChI is InChI=1S/C15H21N3O4/c16-10-13(14(19)18-6-8-21-9-7-18)17-15(20)22-11-12-4-2-1-3-5-12/h1-5,13H,6-11,16H2,(H,17,20)/t13-/m1/s1. The second-order valence-electron chi connectivity index (χ2n) is 4.93. The van der Waals surface area contributed by atoms with Gasteiger partial charge in [-0.2, -0.15) is 0 Å². The summed E-state index contributed by atoms with van der Waals surface area (Å²) in [6, 6.07) is 8.54. The van der Waals surface area contributed by atoms with E-state index in [1.165, 1.54) is 0 Å². The number of carbonyl (C=O) groups excluding carboxylic acids is 2. The Morgan fingerprint density at radius 3 is 2.59 bits per heavy atom. The monoisotopic (exact) mass is 307 g/mol. The van der Waals surface area contributed by atoms with Gasteiger partial charge >= 0.3 is 6.09 Å². The van der Waals surface area contributed by atoms with Crippen molar-refractivity contribution in [3.05, 3.63) is 35.9 Å². The highest BCUT2D eigenvalue weighted by Gasteiger charge is 2.26. The first-order valence-corrected chi connectivity index (χ1v) is 7.24. The maximum Gasteiger partial charge on any atom is 0.408 e. The fraction of sp³-hybridized carbons (Fsp3) is 0.467. The summed E-state index contributed by atoms with van der Waals surface area (Å²) in [6.07, 6.45) is -0.652. The Morgan fingerprint density at radius 1 is 1.27 bits per heavy atom. The van der Waals surface area contributed by atoms with Crippen molar-refractivity contribution in [3.63, 3.8) is 0 Å². The fourth-order valence-corrected chi connectivity index (χ4v) is 2.13. The highest BCUT2D eigenvalue weighted by atomic mass is 16.5. The Kier molecular flexibility index (Phi) is 6.17. The van der Waals surface area contributed by atoms with Crippen LogP contribution in [0.5, 0.6) is 0 Å². The molecule has 7 heteroatoms. The lowest BCUT2D eigenvalue weighted by atomic mass is 10.2. The number of morpholine rings is 1. The zero-order valence-electron chi connectivity index (χ0n) is 12.4. The summed E-state index contributed by atoms with van der Waals surface area (Å²) in [6.45, 7) is 2.20. The van der Waals surface area contributed by atoms with E-state index in [0.717, 1.165) is 5.56 Å². The molecule has 1 atom stereocenters. The molecule has 2 rings (SSSR count). The van der Waals surface area contributed by atoms with Crippen molar-refractivity contribution in [3.8, 4) is 0 Å². The molecule has 0 bridgehead atoms. The number of rotatable bonds is 5. The summed E-state index contributed by atoms with van der Waals surface area (Å²) in [5.41, 5.74) is 6.46. The molecule has 1 fully saturated rings. The van der Waals surface area contributed by atoms with Crippen molar-refractivity contribution >= 4 is 12.0 Å². The largest absolute Gasteiger partial charge is 0.445 e. The molecule has 22 heavy (non-hydrogen) atoms. The van der Waals surface area contributed by atoms with Crippen molar-refractivity contribution in [2.24, 2.45) is 5.73 Å². The van der Waals surface area contributed by atoms with Gasteiger partial charge in [0.2, 0.25) is 5.91 Å². The third-order valence-corrected chi connectivity index (χ3v) is 3.36. The highest BCUT2D eigenvalue weighted by Crippen LogP contribution is 2.03. The van der Waals surface area contributed by atoms with Crippen molar-refractivity contribution in [1.29, 1.82) is 0 Å². The number of benzene rings is 1. The van der Waals surface area contributed by atoms with Gasteiger partial charge in [-0.1, -0.05) is 30.3 Å². The smallest absolute Gasteiger partial charge is 0.408 e. The molecule has 0 radical (unpaired) electrons. The molecule has 7 nitrogen and oxygen atoms in total. The van der Waals surface area contributed by atoms with Crippen LogP contribution < -0.4 is 11.1 Å². The first-order chi connectivity index (χ1) is 10.7. The van der Waals surface area contributed by atoms with Gasteiger partial charge in [0.05, 0.1) is 13.2 Å². The van der Waals surface area contributed by atoms with E-state index in [4.69, 9.17) is 15.2 Å². The number of hydrogen-bond acceptors (Lipinski definition) is 5. The number of amides is 2. The molecule has 1 aromatic carbocycles. The zero-order chi connectivity index (χ0) is 15.8. The van der Waals surface area contributed by atoms with Gasteiger partial charge in [0.1, 0.15) is 12.6 Å². The second-order valence-corrected chi connectivity index (χ2v) is 4.93. The van der Waals surface area contributed by atoms with Crippen LogP contribution in [-0.4, -0.2) is 55.8 Å². The van der Waals surface area contributed by atoms with E-state index in [1.54, 1.807) is 4.90 Å². The number of nitrogens with zero attached hydrogens (tertiary/aromatic N) is 1. The van der Waals surface area contributed by atoms with E-state index in [1.807, 2.05) is 30.3 Å². The normalized spacial score (nSPS) is 16.0. The lowest BCUT2D eigenvalue weighted by Crippen LogP contribution is -2.54. The minimum Gasteiger partial charge on any atom is -0.445 e. The van der Waals surface area contributed by atoms with Crippen LogP contribution in [0.25, 0.3) is 0 Å². The number of ether oxygens (including phenoxy) is 2. The summed E-state index contributed by atoms with van der Waals surface area (Å²) in [5.74, 6) is -0.206. The van der Waals surface area contributed by atoms with Gasteiger partial charge in [0.15, 0.2) is 0 Å². The molecular formula is C15H21N3O4. The van der Waals surface area contributed by atoms with Gasteiger partial charge in [0.25, 0.3) is 0 Å². The molecule has 0 unspecified atom stereocenters. The molecule has 3 N–H and O–H groups in total. The number of hydrogen-bond donors (Lipinski definition) is 2. The highest BCUT2D eigenvalue weighted by molar-refractivity contribution is 5.86. The summed E-state index contributed by atoms with van der Waals surface area (Å²) >= 11 is 0. The Labute approximate surface area is 129 Å². The summed E-state index contributed by atoms with van der Waals surface area (Å²) in [4.78, 5) is 25.7. The van der Waals surface area contributed by atoms with Gasteiger partial charge in [-0.25, -0.2) is 4.79 Å². The van der Waals surface area contributed by atoms with Gasteiger partial charge in [0, 0.05) is 19.6 Å². The van der Waals surface area contributed by atoms with E-state index >= 15 is 0 Å². The first-order valence-electron chi connectivity index (χ1n) is 7.24. The van der Waals surface area contributed by atoms with Crippen LogP contribution in [0.3, 0.4) is 0 Å². The SMILES string of the molecule is NC[C@@H](NC(=O)OCc1ccccc1)C(=O)N1CCOCC1. The molecule has 2 amide bonds. The number of nitrogens with two attached hydrogens (primary N) is 1. The summed E-state index contributed by atoms with van der Waals surface area (Å²) in [5, 5.41) is 2.52. The van der Waals surface area contributed by atoms with Crippen LogP contribution in [0.1, 0.15) is 5.56 Å². The molecule has 0 aliphatic carbocycles. The molecule has 1 aliphatic rings. The Bertz CT molecular complexity index is 489. The molecule has 0 saturated carbocycles. The molecular weight excluding hydrogens is 286 g/mol. The van der Waals surface area contributed by atoms with Crippen LogP contribution in [0.15, 0.2) is 30.3 Å². The maximum absolute atomic E-state index is 12.3. The average molecular weight is 307 g/mol. The van der Waals surface area contributed by atoms with Gasteiger partial charge in [-0.15, -0.1) is 0 Å². The van der Waals surface area contributed by atoms with Crippen LogP contribution >= 0.6 is 0 Å². The molecule has 0 spiro atoms. The Balaban J connectivity index is 1.81. The summed E-state index contributed by atoms with van der Waals surface area (Å²) < 4.78 is 10.3. The molecule has 1 aromatic rings.